The summed E-state index contributed by atoms with van der Waals surface area (Å²) in [6.07, 6.45) is 0.605. The number of nitrogens with two attached hydrogens (primary N) is 1. The maximum Gasteiger partial charge on any atom is 0.0630 e. The third kappa shape index (κ3) is 1.87. The van der Waals surface area contributed by atoms with Gasteiger partial charge in [-0.2, -0.15) is 0 Å². The van der Waals surface area contributed by atoms with Crippen LogP contribution in [-0.4, -0.2) is 17.3 Å². The van der Waals surface area contributed by atoms with Crippen LogP contribution in [0.1, 0.15) is 25.8 Å². The number of anilines is 2. The van der Waals surface area contributed by atoms with Crippen LogP contribution in [0.25, 0.3) is 0 Å². The Bertz CT molecular complexity index is 381. The lowest BCUT2D eigenvalue weighted by Gasteiger charge is -2.49. The van der Waals surface area contributed by atoms with E-state index in [2.05, 4.69) is 25.2 Å². The van der Waals surface area contributed by atoms with Gasteiger partial charge in [0.25, 0.3) is 0 Å². The Morgan fingerprint density at radius 2 is 2.06 bits per heavy atom. The molecule has 1 fully saturated rings. The Morgan fingerprint density at radius 3 is 2.56 bits per heavy atom. The zero-order chi connectivity index (χ0) is 11.9. The zero-order valence-corrected chi connectivity index (χ0v) is 10.1. The van der Waals surface area contributed by atoms with Gasteiger partial charge in [-0.05, 0) is 37.1 Å². The first-order valence-corrected chi connectivity index (χ1v) is 5.71. The normalized spacial score (nSPS) is 27.2. The van der Waals surface area contributed by atoms with Crippen molar-refractivity contribution in [2.24, 2.45) is 5.41 Å². The van der Waals surface area contributed by atoms with Gasteiger partial charge in [0.1, 0.15) is 0 Å². The van der Waals surface area contributed by atoms with E-state index in [1.54, 1.807) is 0 Å². The minimum Gasteiger partial charge on any atom is -0.399 e. The molecular weight excluding hydrogens is 200 g/mol. The largest absolute Gasteiger partial charge is 0.399 e. The predicted molar refractivity (Wildman–Crippen MR) is 67.4 cm³/mol. The Hall–Kier alpha value is -1.22. The van der Waals surface area contributed by atoms with Crippen molar-refractivity contribution in [2.45, 2.75) is 39.3 Å². The number of nitrogen functional groups attached to an aromatic ring is 1. The highest BCUT2D eigenvalue weighted by Crippen LogP contribution is 2.42. The van der Waals surface area contributed by atoms with Crippen LogP contribution in [0, 0.1) is 12.3 Å². The molecule has 88 valence electrons. The SMILES string of the molecule is Cc1cc(N)cc(NC2CC(O)C2(C)C)c1. The second kappa shape index (κ2) is 3.67. The summed E-state index contributed by atoms with van der Waals surface area (Å²) in [6, 6.07) is 6.29. The third-order valence-electron chi connectivity index (χ3n) is 3.66. The van der Waals surface area contributed by atoms with Crippen LogP contribution in [0.5, 0.6) is 0 Å². The molecule has 1 aliphatic carbocycles. The zero-order valence-electron chi connectivity index (χ0n) is 10.1. The minimum absolute atomic E-state index is 0.0570. The van der Waals surface area contributed by atoms with Crippen LogP contribution in [-0.2, 0) is 0 Å². The molecule has 1 aromatic rings. The van der Waals surface area contributed by atoms with Crippen molar-refractivity contribution in [3.63, 3.8) is 0 Å². The van der Waals surface area contributed by atoms with Crippen LogP contribution in [0.4, 0.5) is 11.4 Å². The summed E-state index contributed by atoms with van der Waals surface area (Å²) in [5.41, 5.74) is 8.72. The highest BCUT2D eigenvalue weighted by molar-refractivity contribution is 5.57. The first kappa shape index (κ1) is 11.3. The van der Waals surface area contributed by atoms with Crippen molar-refractivity contribution in [2.75, 3.05) is 11.1 Å². The summed E-state index contributed by atoms with van der Waals surface area (Å²) >= 11 is 0. The van der Waals surface area contributed by atoms with E-state index in [1.165, 1.54) is 0 Å². The molecule has 0 heterocycles. The summed E-state index contributed by atoms with van der Waals surface area (Å²) < 4.78 is 0. The number of aliphatic hydroxyl groups excluding tert-OH is 1. The van der Waals surface area contributed by atoms with E-state index in [0.717, 1.165) is 23.4 Å². The van der Waals surface area contributed by atoms with Crippen molar-refractivity contribution in [1.29, 1.82) is 0 Å². The molecule has 1 saturated carbocycles. The Morgan fingerprint density at radius 1 is 1.38 bits per heavy atom. The van der Waals surface area contributed by atoms with Gasteiger partial charge in [0.2, 0.25) is 0 Å². The number of hydrogen-bond acceptors (Lipinski definition) is 3. The number of aryl methyl sites for hydroxylation is 1. The van der Waals surface area contributed by atoms with Gasteiger partial charge in [0.15, 0.2) is 0 Å². The Balaban J connectivity index is 2.11. The lowest BCUT2D eigenvalue weighted by Crippen LogP contribution is -2.56. The molecule has 0 aromatic heterocycles. The smallest absolute Gasteiger partial charge is 0.0630 e. The van der Waals surface area contributed by atoms with Crippen LogP contribution in [0.15, 0.2) is 18.2 Å². The molecule has 2 rings (SSSR count). The molecule has 0 aliphatic heterocycles. The molecule has 2 unspecified atom stereocenters. The maximum absolute atomic E-state index is 9.67. The van der Waals surface area contributed by atoms with Crippen LogP contribution < -0.4 is 11.1 Å². The van der Waals surface area contributed by atoms with E-state index in [9.17, 15) is 5.11 Å². The van der Waals surface area contributed by atoms with Gasteiger partial charge in [0.05, 0.1) is 6.10 Å². The predicted octanol–water partition coefficient (Wildman–Crippen LogP) is 2.15. The second-order valence-electron chi connectivity index (χ2n) is 5.40. The Labute approximate surface area is 96.7 Å². The van der Waals surface area contributed by atoms with E-state index in [1.807, 2.05) is 19.1 Å². The molecule has 0 bridgehead atoms. The topological polar surface area (TPSA) is 58.3 Å². The molecule has 2 atom stereocenters. The minimum atomic E-state index is -0.202. The van der Waals surface area contributed by atoms with Gasteiger partial charge in [0, 0.05) is 22.8 Å². The van der Waals surface area contributed by atoms with Gasteiger partial charge in [-0.15, -0.1) is 0 Å². The first-order valence-electron chi connectivity index (χ1n) is 5.71. The fourth-order valence-electron chi connectivity index (χ4n) is 2.24. The lowest BCUT2D eigenvalue weighted by atomic mass is 9.64. The number of nitrogens with one attached hydrogen (secondary N) is 1. The first-order chi connectivity index (χ1) is 7.39. The Kier molecular flexibility index (Phi) is 2.58. The molecule has 3 heteroatoms. The third-order valence-corrected chi connectivity index (χ3v) is 3.66. The van der Waals surface area contributed by atoms with Crippen molar-refractivity contribution in [1.82, 2.24) is 0 Å². The highest BCUT2D eigenvalue weighted by atomic mass is 16.3. The van der Waals surface area contributed by atoms with Crippen LogP contribution >= 0.6 is 0 Å². The number of rotatable bonds is 2. The van der Waals surface area contributed by atoms with Gasteiger partial charge >= 0.3 is 0 Å². The summed E-state index contributed by atoms with van der Waals surface area (Å²) in [6.45, 7) is 6.19. The molecular formula is C13H20N2O. The van der Waals surface area contributed by atoms with E-state index in [-0.39, 0.29) is 11.5 Å². The van der Waals surface area contributed by atoms with E-state index < -0.39 is 0 Å². The number of benzene rings is 1. The second-order valence-corrected chi connectivity index (χ2v) is 5.40. The van der Waals surface area contributed by atoms with E-state index >= 15 is 0 Å². The average Bonchev–Trinajstić information content (AvgIpc) is 2.15. The molecule has 0 saturated heterocycles. The van der Waals surface area contributed by atoms with Gasteiger partial charge in [-0.3, -0.25) is 0 Å². The van der Waals surface area contributed by atoms with E-state index in [0.29, 0.717) is 6.04 Å². The summed E-state index contributed by atoms with van der Waals surface area (Å²) in [7, 11) is 0. The van der Waals surface area contributed by atoms with Crippen LogP contribution in [0.3, 0.4) is 0 Å². The maximum atomic E-state index is 9.67. The molecule has 4 N–H and O–H groups in total. The lowest BCUT2D eigenvalue weighted by molar-refractivity contribution is -0.0510. The van der Waals surface area contributed by atoms with Crippen molar-refractivity contribution in [3.05, 3.63) is 23.8 Å². The molecule has 0 spiro atoms. The van der Waals surface area contributed by atoms with E-state index in [4.69, 9.17) is 5.73 Å². The average molecular weight is 220 g/mol. The number of aliphatic hydroxyl groups is 1. The molecule has 3 nitrogen and oxygen atoms in total. The molecule has 0 radical (unpaired) electrons. The standard InChI is InChI=1S/C13H20N2O/c1-8-4-9(14)6-10(5-8)15-11-7-12(16)13(11,2)3/h4-6,11-12,15-16H,7,14H2,1-3H3. The van der Waals surface area contributed by atoms with Crippen molar-refractivity contribution >= 4 is 11.4 Å². The monoisotopic (exact) mass is 220 g/mol. The molecule has 0 amide bonds. The summed E-state index contributed by atoms with van der Waals surface area (Å²) in [5.74, 6) is 0. The molecule has 1 aliphatic rings. The summed E-state index contributed by atoms with van der Waals surface area (Å²) in [5, 5.41) is 13.1. The highest BCUT2D eigenvalue weighted by Gasteiger charge is 2.47. The number of hydrogen-bond donors (Lipinski definition) is 3. The van der Waals surface area contributed by atoms with Crippen molar-refractivity contribution in [3.8, 4) is 0 Å². The van der Waals surface area contributed by atoms with Gasteiger partial charge < -0.3 is 16.2 Å². The van der Waals surface area contributed by atoms with Crippen molar-refractivity contribution < 1.29 is 5.11 Å². The van der Waals surface area contributed by atoms with Gasteiger partial charge in [-0.25, -0.2) is 0 Å². The molecule has 16 heavy (non-hydrogen) atoms. The summed E-state index contributed by atoms with van der Waals surface area (Å²) in [4.78, 5) is 0. The fraction of sp³-hybridized carbons (Fsp3) is 0.538. The fourth-order valence-corrected chi connectivity index (χ4v) is 2.24. The quantitative estimate of drug-likeness (QED) is 0.669. The van der Waals surface area contributed by atoms with Gasteiger partial charge in [-0.1, -0.05) is 13.8 Å². The molecule has 1 aromatic carbocycles. The van der Waals surface area contributed by atoms with Crippen LogP contribution in [0.2, 0.25) is 0 Å².